The first-order chi connectivity index (χ1) is 16.8. The number of alkyl halides is 3. The highest BCUT2D eigenvalue weighted by Gasteiger charge is 2.30. The van der Waals surface area contributed by atoms with E-state index < -0.39 is 29.8 Å². The van der Waals surface area contributed by atoms with Gasteiger partial charge in [0.25, 0.3) is 5.56 Å². The molecule has 0 aliphatic carbocycles. The molecule has 0 aliphatic rings. The van der Waals surface area contributed by atoms with Gasteiger partial charge in [-0.1, -0.05) is 54.6 Å². The maximum Gasteiger partial charge on any atom is 0.416 e. The van der Waals surface area contributed by atoms with E-state index in [1.807, 2.05) is 59.2 Å². The Kier molecular flexibility index (Phi) is 5.60. The van der Waals surface area contributed by atoms with Crippen molar-refractivity contribution in [3.63, 3.8) is 0 Å². The number of carbonyl (C=O) groups is 1. The van der Waals surface area contributed by atoms with E-state index in [1.54, 1.807) is 0 Å². The van der Waals surface area contributed by atoms with Crippen LogP contribution in [0.5, 0.6) is 0 Å². The number of para-hydroxylation sites is 1. The average Bonchev–Trinajstić information content (AvgIpc) is 3.15. The molecular weight excluding hydrogens is 457 g/mol. The van der Waals surface area contributed by atoms with Crippen LogP contribution in [0.1, 0.15) is 11.1 Å². The maximum absolute atomic E-state index is 13.4. The van der Waals surface area contributed by atoms with Gasteiger partial charge >= 0.3 is 6.18 Å². The van der Waals surface area contributed by atoms with E-state index in [-0.39, 0.29) is 5.69 Å². The lowest BCUT2D eigenvalue weighted by molar-refractivity contribution is -0.137. The molecule has 5 rings (SSSR count). The highest BCUT2D eigenvalue weighted by molar-refractivity contribution is 6.07. The fourth-order valence-corrected chi connectivity index (χ4v) is 4.15. The van der Waals surface area contributed by atoms with Crippen LogP contribution < -0.4 is 10.9 Å². The van der Waals surface area contributed by atoms with Gasteiger partial charge in [0.05, 0.1) is 11.8 Å². The Morgan fingerprint density at radius 1 is 0.914 bits per heavy atom. The maximum atomic E-state index is 13.4. The van der Waals surface area contributed by atoms with Crippen LogP contribution in [-0.4, -0.2) is 20.3 Å². The van der Waals surface area contributed by atoms with Crippen molar-refractivity contribution >= 4 is 33.4 Å². The summed E-state index contributed by atoms with van der Waals surface area (Å²) in [7, 11) is 0. The van der Waals surface area contributed by atoms with Crippen LogP contribution >= 0.6 is 0 Å². The van der Waals surface area contributed by atoms with E-state index in [0.29, 0.717) is 17.4 Å². The van der Waals surface area contributed by atoms with Crippen LogP contribution in [0.2, 0.25) is 0 Å². The van der Waals surface area contributed by atoms with Crippen LogP contribution in [0.15, 0.2) is 89.9 Å². The minimum atomic E-state index is -4.53. The molecule has 0 saturated carbocycles. The summed E-state index contributed by atoms with van der Waals surface area (Å²) in [6.45, 7) is -0.00157. The van der Waals surface area contributed by atoms with Gasteiger partial charge < -0.3 is 9.88 Å². The van der Waals surface area contributed by atoms with Crippen molar-refractivity contribution in [2.24, 2.45) is 0 Å². The highest BCUT2D eigenvalue weighted by atomic mass is 19.4. The van der Waals surface area contributed by atoms with Gasteiger partial charge in [0.1, 0.15) is 12.1 Å². The number of rotatable bonds is 5. The van der Waals surface area contributed by atoms with E-state index in [1.165, 1.54) is 18.3 Å². The number of fused-ring (bicyclic) bond motifs is 3. The molecule has 2 aromatic heterocycles. The summed E-state index contributed by atoms with van der Waals surface area (Å²) in [5.41, 5.74) is 0.900. The monoisotopic (exact) mass is 476 g/mol. The van der Waals surface area contributed by atoms with Crippen LogP contribution in [-0.2, 0) is 24.1 Å². The van der Waals surface area contributed by atoms with E-state index in [0.717, 1.165) is 33.3 Å². The lowest BCUT2D eigenvalue weighted by atomic mass is 10.2. The summed E-state index contributed by atoms with van der Waals surface area (Å²) in [4.78, 5) is 26.0. The number of nitrogens with zero attached hydrogens (tertiary/aromatic N) is 3. The van der Waals surface area contributed by atoms with Gasteiger partial charge in [0, 0.05) is 28.5 Å². The van der Waals surface area contributed by atoms with Gasteiger partial charge in [0.15, 0.2) is 0 Å². The summed E-state index contributed by atoms with van der Waals surface area (Å²) >= 11 is 0. The number of hydrogen-bond donors (Lipinski definition) is 1. The summed E-state index contributed by atoms with van der Waals surface area (Å²) in [6, 6.07) is 21.6. The standard InChI is InChI=1S/C26H19F3N4O2/c27-26(28,29)18-9-6-10-19(13-18)31-23(34)16-33-25(35)24-21(14-30-33)20-11-4-5-12-22(20)32(24)15-17-7-2-1-3-8-17/h1-14H,15-16H2,(H,31,34). The van der Waals surface area contributed by atoms with E-state index in [2.05, 4.69) is 10.4 Å². The summed E-state index contributed by atoms with van der Waals surface area (Å²) < 4.78 is 41.8. The Bertz CT molecular complexity index is 1600. The topological polar surface area (TPSA) is 68.9 Å². The molecule has 1 amide bonds. The first-order valence-electron chi connectivity index (χ1n) is 10.8. The lowest BCUT2D eigenvalue weighted by Gasteiger charge is -2.11. The molecule has 176 valence electrons. The van der Waals surface area contributed by atoms with Gasteiger partial charge in [-0.25, -0.2) is 4.68 Å². The largest absolute Gasteiger partial charge is 0.416 e. The number of amides is 1. The van der Waals surface area contributed by atoms with E-state index >= 15 is 0 Å². The van der Waals surface area contributed by atoms with Crippen molar-refractivity contribution in [2.75, 3.05) is 5.32 Å². The Labute approximate surface area is 197 Å². The molecular formula is C26H19F3N4O2. The minimum absolute atomic E-state index is 0.0165. The van der Waals surface area contributed by atoms with Gasteiger partial charge in [0.2, 0.25) is 5.91 Å². The van der Waals surface area contributed by atoms with Crippen molar-refractivity contribution in [1.82, 2.24) is 14.3 Å². The molecule has 6 nitrogen and oxygen atoms in total. The van der Waals surface area contributed by atoms with Crippen LogP contribution in [0.4, 0.5) is 18.9 Å². The zero-order chi connectivity index (χ0) is 24.6. The normalized spacial score (nSPS) is 11.7. The van der Waals surface area contributed by atoms with Gasteiger partial charge in [-0.05, 0) is 29.8 Å². The molecule has 35 heavy (non-hydrogen) atoms. The minimum Gasteiger partial charge on any atom is -0.331 e. The van der Waals surface area contributed by atoms with Crippen molar-refractivity contribution in [3.8, 4) is 0 Å². The summed E-state index contributed by atoms with van der Waals surface area (Å²) in [6.07, 6.45) is -2.99. The third-order valence-electron chi connectivity index (χ3n) is 5.72. The van der Waals surface area contributed by atoms with Gasteiger partial charge in [-0.15, -0.1) is 0 Å². The van der Waals surface area contributed by atoms with Gasteiger partial charge in [-0.2, -0.15) is 18.3 Å². The molecule has 0 atom stereocenters. The summed E-state index contributed by atoms with van der Waals surface area (Å²) in [5, 5.41) is 8.11. The molecule has 2 heterocycles. The first kappa shape index (κ1) is 22.4. The Balaban J connectivity index is 1.51. The fraction of sp³-hybridized carbons (Fsp3) is 0.115. The molecule has 0 bridgehead atoms. The average molecular weight is 476 g/mol. The second-order valence-corrected chi connectivity index (χ2v) is 8.09. The molecule has 1 N–H and O–H groups in total. The predicted molar refractivity (Wildman–Crippen MR) is 127 cm³/mol. The second-order valence-electron chi connectivity index (χ2n) is 8.09. The number of nitrogens with one attached hydrogen (secondary N) is 1. The van der Waals surface area contributed by atoms with Crippen molar-refractivity contribution in [2.45, 2.75) is 19.3 Å². The number of halogens is 3. The SMILES string of the molecule is O=C(Cn1ncc2c3ccccc3n(Cc3ccccc3)c2c1=O)Nc1cccc(C(F)(F)F)c1. The first-order valence-corrected chi connectivity index (χ1v) is 10.8. The molecule has 9 heteroatoms. The van der Waals surface area contributed by atoms with Crippen LogP contribution in [0.3, 0.4) is 0 Å². The Morgan fingerprint density at radius 3 is 2.43 bits per heavy atom. The molecule has 0 saturated heterocycles. The van der Waals surface area contributed by atoms with Crippen molar-refractivity contribution < 1.29 is 18.0 Å². The number of benzene rings is 3. The smallest absolute Gasteiger partial charge is 0.331 e. The quantitative estimate of drug-likeness (QED) is 0.386. The van der Waals surface area contributed by atoms with E-state index in [4.69, 9.17) is 0 Å². The zero-order valence-electron chi connectivity index (χ0n) is 18.3. The molecule has 0 fully saturated rings. The zero-order valence-corrected chi connectivity index (χ0v) is 18.3. The molecule has 5 aromatic rings. The Hall–Kier alpha value is -4.40. The number of aromatic nitrogens is 3. The number of hydrogen-bond acceptors (Lipinski definition) is 3. The van der Waals surface area contributed by atoms with Crippen LogP contribution in [0, 0.1) is 0 Å². The number of carbonyl (C=O) groups excluding carboxylic acids is 1. The molecule has 3 aromatic carbocycles. The molecule has 0 spiro atoms. The highest BCUT2D eigenvalue weighted by Crippen LogP contribution is 2.31. The van der Waals surface area contributed by atoms with Crippen molar-refractivity contribution in [1.29, 1.82) is 0 Å². The Morgan fingerprint density at radius 2 is 1.66 bits per heavy atom. The predicted octanol–water partition coefficient (Wildman–Crippen LogP) is 5.06. The second kappa shape index (κ2) is 8.75. The third kappa shape index (κ3) is 4.40. The molecule has 0 aliphatic heterocycles. The third-order valence-corrected chi connectivity index (χ3v) is 5.72. The lowest BCUT2D eigenvalue weighted by Crippen LogP contribution is -2.30. The fourth-order valence-electron chi connectivity index (χ4n) is 4.15. The van der Waals surface area contributed by atoms with E-state index in [9.17, 15) is 22.8 Å². The number of anilines is 1. The van der Waals surface area contributed by atoms with Gasteiger partial charge in [-0.3, -0.25) is 9.59 Å². The van der Waals surface area contributed by atoms with Crippen LogP contribution in [0.25, 0.3) is 21.8 Å². The molecule has 0 unspecified atom stereocenters. The molecule has 0 radical (unpaired) electrons. The summed E-state index contributed by atoms with van der Waals surface area (Å²) in [5.74, 6) is -0.663. The van der Waals surface area contributed by atoms with Crippen molar-refractivity contribution in [3.05, 3.63) is 107 Å².